The van der Waals surface area contributed by atoms with E-state index in [2.05, 4.69) is 11.8 Å². The van der Waals surface area contributed by atoms with Gasteiger partial charge in [-0.15, -0.1) is 0 Å². The number of rotatable bonds is 3. The third kappa shape index (κ3) is 2.82. The SMILES string of the molecule is CC(CO)C(C)N(C)C. The molecule has 1 N–H and O–H groups in total. The zero-order valence-electron chi connectivity index (χ0n) is 6.76. The van der Waals surface area contributed by atoms with Crippen LogP contribution in [0.2, 0.25) is 0 Å². The Morgan fingerprint density at radius 1 is 1.33 bits per heavy atom. The van der Waals surface area contributed by atoms with Gasteiger partial charge in [0, 0.05) is 12.6 Å². The lowest BCUT2D eigenvalue weighted by Crippen LogP contribution is -2.32. The maximum atomic E-state index is 8.73. The molecule has 2 unspecified atom stereocenters. The van der Waals surface area contributed by atoms with Crippen LogP contribution in [0.4, 0.5) is 0 Å². The lowest BCUT2D eigenvalue weighted by atomic mass is 10.0. The zero-order chi connectivity index (χ0) is 7.44. The standard InChI is InChI=1S/C7H17NO/c1-6(5-9)7(2)8(3)4/h6-7,9H,5H2,1-4H3. The van der Waals surface area contributed by atoms with Gasteiger partial charge in [-0.1, -0.05) is 6.92 Å². The van der Waals surface area contributed by atoms with Gasteiger partial charge in [0.05, 0.1) is 0 Å². The molecule has 2 heteroatoms. The summed E-state index contributed by atoms with van der Waals surface area (Å²) >= 11 is 0. The van der Waals surface area contributed by atoms with Gasteiger partial charge in [-0.05, 0) is 26.9 Å². The van der Waals surface area contributed by atoms with Crippen LogP contribution < -0.4 is 0 Å². The fourth-order valence-corrected chi connectivity index (χ4v) is 0.662. The maximum absolute atomic E-state index is 8.73. The highest BCUT2D eigenvalue weighted by Gasteiger charge is 2.11. The Morgan fingerprint density at radius 2 is 1.78 bits per heavy atom. The summed E-state index contributed by atoms with van der Waals surface area (Å²) in [7, 11) is 4.05. The molecular formula is C7H17NO. The van der Waals surface area contributed by atoms with Gasteiger partial charge in [-0.2, -0.15) is 0 Å². The lowest BCUT2D eigenvalue weighted by Gasteiger charge is -2.24. The van der Waals surface area contributed by atoms with Crippen molar-refractivity contribution in [2.24, 2.45) is 5.92 Å². The molecule has 0 rings (SSSR count). The second-order valence-electron chi connectivity index (χ2n) is 2.86. The van der Waals surface area contributed by atoms with Crippen molar-refractivity contribution in [1.82, 2.24) is 4.90 Å². The molecule has 0 spiro atoms. The van der Waals surface area contributed by atoms with Crippen molar-refractivity contribution in [3.05, 3.63) is 0 Å². The monoisotopic (exact) mass is 131 g/mol. The molecule has 0 aliphatic heterocycles. The molecule has 0 heterocycles. The number of hydrogen-bond donors (Lipinski definition) is 1. The fraction of sp³-hybridized carbons (Fsp3) is 1.00. The van der Waals surface area contributed by atoms with Crippen LogP contribution >= 0.6 is 0 Å². The molecule has 0 aromatic rings. The Labute approximate surface area is 57.5 Å². The van der Waals surface area contributed by atoms with Crippen molar-refractivity contribution < 1.29 is 5.11 Å². The molecular weight excluding hydrogens is 114 g/mol. The van der Waals surface area contributed by atoms with Gasteiger partial charge in [-0.25, -0.2) is 0 Å². The third-order valence-electron chi connectivity index (χ3n) is 1.93. The summed E-state index contributed by atoms with van der Waals surface area (Å²) in [6, 6.07) is 0.468. The molecule has 0 saturated carbocycles. The summed E-state index contributed by atoms with van der Waals surface area (Å²) in [6.45, 7) is 4.44. The van der Waals surface area contributed by atoms with Crippen LogP contribution in [0, 0.1) is 5.92 Å². The van der Waals surface area contributed by atoms with E-state index >= 15 is 0 Å². The Bertz CT molecular complexity index is 73.3. The molecule has 0 saturated heterocycles. The minimum absolute atomic E-state index is 0.277. The average molecular weight is 131 g/mol. The summed E-state index contributed by atoms with van der Waals surface area (Å²) in [5, 5.41) is 8.73. The molecule has 0 radical (unpaired) electrons. The van der Waals surface area contributed by atoms with E-state index in [4.69, 9.17) is 5.11 Å². The van der Waals surface area contributed by atoms with E-state index in [9.17, 15) is 0 Å². The molecule has 0 aromatic carbocycles. The molecule has 9 heavy (non-hydrogen) atoms. The number of aliphatic hydroxyl groups is 1. The summed E-state index contributed by atoms with van der Waals surface area (Å²) in [6.07, 6.45) is 0. The van der Waals surface area contributed by atoms with E-state index in [0.29, 0.717) is 12.0 Å². The van der Waals surface area contributed by atoms with Gasteiger partial charge in [0.2, 0.25) is 0 Å². The first-order chi connectivity index (χ1) is 4.09. The first-order valence-electron chi connectivity index (χ1n) is 3.37. The predicted molar refractivity (Wildman–Crippen MR) is 39.4 cm³/mol. The van der Waals surface area contributed by atoms with E-state index in [1.54, 1.807) is 0 Å². The van der Waals surface area contributed by atoms with E-state index in [1.165, 1.54) is 0 Å². The summed E-state index contributed by atoms with van der Waals surface area (Å²) in [5.41, 5.74) is 0. The van der Waals surface area contributed by atoms with Gasteiger partial charge < -0.3 is 10.0 Å². The Morgan fingerprint density at radius 3 is 1.89 bits per heavy atom. The first-order valence-corrected chi connectivity index (χ1v) is 3.37. The normalized spacial score (nSPS) is 18.0. The van der Waals surface area contributed by atoms with Crippen molar-refractivity contribution in [2.75, 3.05) is 20.7 Å². The highest BCUT2D eigenvalue weighted by molar-refractivity contribution is 4.65. The Hall–Kier alpha value is -0.0800. The van der Waals surface area contributed by atoms with Gasteiger partial charge in [-0.3, -0.25) is 0 Å². The molecule has 0 bridgehead atoms. The Kier molecular flexibility index (Phi) is 3.82. The second kappa shape index (κ2) is 3.85. The van der Waals surface area contributed by atoms with Crippen LogP contribution in [0.3, 0.4) is 0 Å². The predicted octanol–water partition coefficient (Wildman–Crippen LogP) is 0.565. The zero-order valence-corrected chi connectivity index (χ0v) is 6.76. The topological polar surface area (TPSA) is 23.5 Å². The van der Waals surface area contributed by atoms with Crippen LogP contribution in [-0.2, 0) is 0 Å². The third-order valence-corrected chi connectivity index (χ3v) is 1.93. The van der Waals surface area contributed by atoms with Crippen LogP contribution in [0.25, 0.3) is 0 Å². The highest BCUT2D eigenvalue weighted by Crippen LogP contribution is 2.05. The largest absolute Gasteiger partial charge is 0.396 e. The van der Waals surface area contributed by atoms with Crippen molar-refractivity contribution >= 4 is 0 Å². The minimum atomic E-state index is 0.277. The van der Waals surface area contributed by atoms with Gasteiger partial charge in [0.25, 0.3) is 0 Å². The van der Waals surface area contributed by atoms with Crippen molar-refractivity contribution in [3.63, 3.8) is 0 Å². The molecule has 0 aromatic heterocycles. The minimum Gasteiger partial charge on any atom is -0.396 e. The molecule has 2 atom stereocenters. The smallest absolute Gasteiger partial charge is 0.0471 e. The van der Waals surface area contributed by atoms with Crippen LogP contribution in [0.15, 0.2) is 0 Å². The van der Waals surface area contributed by atoms with Crippen LogP contribution in [0.5, 0.6) is 0 Å². The average Bonchev–Trinajstić information content (AvgIpc) is 1.84. The summed E-state index contributed by atoms with van der Waals surface area (Å²) in [4.78, 5) is 2.11. The van der Waals surface area contributed by atoms with E-state index in [0.717, 1.165) is 0 Å². The fourth-order valence-electron chi connectivity index (χ4n) is 0.662. The number of aliphatic hydroxyl groups excluding tert-OH is 1. The van der Waals surface area contributed by atoms with Gasteiger partial charge in [0.15, 0.2) is 0 Å². The van der Waals surface area contributed by atoms with Gasteiger partial charge in [0.1, 0.15) is 0 Å². The van der Waals surface area contributed by atoms with E-state index < -0.39 is 0 Å². The number of nitrogens with zero attached hydrogens (tertiary/aromatic N) is 1. The maximum Gasteiger partial charge on any atom is 0.0471 e. The quantitative estimate of drug-likeness (QED) is 0.605. The van der Waals surface area contributed by atoms with E-state index in [1.807, 2.05) is 21.0 Å². The van der Waals surface area contributed by atoms with Crippen molar-refractivity contribution in [1.29, 1.82) is 0 Å². The van der Waals surface area contributed by atoms with Crippen molar-refractivity contribution in [2.45, 2.75) is 19.9 Å². The van der Waals surface area contributed by atoms with Crippen LogP contribution in [0.1, 0.15) is 13.8 Å². The summed E-state index contributed by atoms with van der Waals surface area (Å²) in [5.74, 6) is 0.375. The van der Waals surface area contributed by atoms with E-state index in [-0.39, 0.29) is 6.61 Å². The van der Waals surface area contributed by atoms with Gasteiger partial charge >= 0.3 is 0 Å². The summed E-state index contributed by atoms with van der Waals surface area (Å²) < 4.78 is 0. The van der Waals surface area contributed by atoms with Crippen LogP contribution in [-0.4, -0.2) is 36.8 Å². The molecule has 0 amide bonds. The van der Waals surface area contributed by atoms with Crippen molar-refractivity contribution in [3.8, 4) is 0 Å². The molecule has 0 fully saturated rings. The second-order valence-corrected chi connectivity index (χ2v) is 2.86. The lowest BCUT2D eigenvalue weighted by molar-refractivity contribution is 0.156. The Balaban J connectivity index is 3.58. The molecule has 56 valence electrons. The number of hydrogen-bond acceptors (Lipinski definition) is 2. The highest BCUT2D eigenvalue weighted by atomic mass is 16.3. The molecule has 2 nitrogen and oxygen atoms in total. The molecule has 0 aliphatic rings. The first kappa shape index (κ1) is 8.92. The molecule has 0 aliphatic carbocycles.